The lowest BCUT2D eigenvalue weighted by Gasteiger charge is -2.34. The van der Waals surface area contributed by atoms with Crippen molar-refractivity contribution in [2.45, 2.75) is 76.7 Å². The highest BCUT2D eigenvalue weighted by atomic mass is 19.4. The molecule has 0 aromatic heterocycles. The molecule has 246 valence electrons. The topological polar surface area (TPSA) is 123 Å². The lowest BCUT2D eigenvalue weighted by atomic mass is 9.96. The number of halogens is 3. The molecule has 4 rings (SSSR count). The molecule has 3 atom stereocenters. The van der Waals surface area contributed by atoms with Crippen LogP contribution >= 0.6 is 0 Å². The maximum Gasteiger partial charge on any atom is 0.416 e. The Morgan fingerprint density at radius 3 is 2.38 bits per heavy atom. The van der Waals surface area contributed by atoms with Crippen LogP contribution in [0, 0.1) is 5.92 Å². The molecule has 1 aliphatic heterocycles. The van der Waals surface area contributed by atoms with Crippen LogP contribution in [0.25, 0.3) is 0 Å². The van der Waals surface area contributed by atoms with Crippen LogP contribution in [0.3, 0.4) is 0 Å². The van der Waals surface area contributed by atoms with Gasteiger partial charge >= 0.3 is 18.2 Å². The SMILES string of the molecule is C[C@@H]1CN([C@@H](C)CO)C(=O)Cc2cc(NC(=O)NC3CCCCC3)ccc2O[C@H]1CN(C)C(=O)Nc1ccc(C(F)(F)F)cc1. The molecular weight excluding hydrogens is 591 g/mol. The van der Waals surface area contributed by atoms with Gasteiger partial charge in [0.05, 0.1) is 31.2 Å². The number of hydrogen-bond donors (Lipinski definition) is 4. The third kappa shape index (κ3) is 9.25. The molecule has 1 fully saturated rings. The summed E-state index contributed by atoms with van der Waals surface area (Å²) in [6.45, 7) is 3.73. The van der Waals surface area contributed by atoms with Crippen LogP contribution in [0.15, 0.2) is 42.5 Å². The average molecular weight is 634 g/mol. The molecule has 2 aromatic carbocycles. The fourth-order valence-electron chi connectivity index (χ4n) is 5.64. The molecule has 0 spiro atoms. The monoisotopic (exact) mass is 633 g/mol. The zero-order valence-electron chi connectivity index (χ0n) is 25.8. The second kappa shape index (κ2) is 14.9. The highest BCUT2D eigenvalue weighted by Crippen LogP contribution is 2.31. The molecule has 45 heavy (non-hydrogen) atoms. The Balaban J connectivity index is 1.51. The highest BCUT2D eigenvalue weighted by molar-refractivity contribution is 5.90. The Morgan fingerprint density at radius 2 is 1.73 bits per heavy atom. The van der Waals surface area contributed by atoms with Crippen LogP contribution in [-0.4, -0.2) is 77.8 Å². The van der Waals surface area contributed by atoms with E-state index in [0.717, 1.165) is 37.8 Å². The van der Waals surface area contributed by atoms with Crippen molar-refractivity contribution in [3.63, 3.8) is 0 Å². The molecule has 0 unspecified atom stereocenters. The van der Waals surface area contributed by atoms with E-state index in [0.29, 0.717) is 17.0 Å². The van der Waals surface area contributed by atoms with E-state index in [1.807, 2.05) is 6.92 Å². The predicted molar refractivity (Wildman–Crippen MR) is 164 cm³/mol. The van der Waals surface area contributed by atoms with Crippen molar-refractivity contribution in [2.24, 2.45) is 5.92 Å². The van der Waals surface area contributed by atoms with Crippen LogP contribution in [0.2, 0.25) is 0 Å². The molecule has 4 N–H and O–H groups in total. The maximum absolute atomic E-state index is 13.5. The molecule has 0 bridgehead atoms. The minimum Gasteiger partial charge on any atom is -0.488 e. The van der Waals surface area contributed by atoms with Crippen LogP contribution in [-0.2, 0) is 17.4 Å². The molecule has 1 heterocycles. The number of nitrogens with one attached hydrogen (secondary N) is 3. The van der Waals surface area contributed by atoms with Crippen LogP contribution < -0.4 is 20.7 Å². The Kier molecular flexibility index (Phi) is 11.2. The van der Waals surface area contributed by atoms with Crippen molar-refractivity contribution in [1.29, 1.82) is 0 Å². The number of amides is 5. The van der Waals surface area contributed by atoms with Gasteiger partial charge in [-0.15, -0.1) is 0 Å². The number of carbonyl (C=O) groups excluding carboxylic acids is 3. The second-order valence-electron chi connectivity index (χ2n) is 12.0. The van der Waals surface area contributed by atoms with E-state index in [1.54, 1.807) is 37.1 Å². The van der Waals surface area contributed by atoms with Gasteiger partial charge in [0.1, 0.15) is 11.9 Å². The summed E-state index contributed by atoms with van der Waals surface area (Å²) in [5.41, 5.74) is 0.424. The lowest BCUT2D eigenvalue weighted by Crippen LogP contribution is -2.48. The van der Waals surface area contributed by atoms with Gasteiger partial charge in [-0.25, -0.2) is 9.59 Å². The number of anilines is 2. The Morgan fingerprint density at radius 1 is 1.07 bits per heavy atom. The number of rotatable bonds is 7. The number of benzene rings is 2. The fraction of sp³-hybridized carbons (Fsp3) is 0.531. The number of fused-ring (bicyclic) bond motifs is 1. The molecule has 2 aromatic rings. The zero-order chi connectivity index (χ0) is 32.7. The van der Waals surface area contributed by atoms with E-state index in [1.165, 1.54) is 23.5 Å². The normalized spacial score (nSPS) is 20.1. The molecule has 10 nitrogen and oxygen atoms in total. The lowest BCUT2D eigenvalue weighted by molar-refractivity contribution is -0.137. The standard InChI is InChI=1S/C32H42F3N5O5/c1-20-17-40(21(2)19-41)29(42)16-22-15-26(37-30(43)36-24-7-5-4-6-8-24)13-14-27(22)45-28(20)18-39(3)31(44)38-25-11-9-23(10-12-25)32(33,34)35/h9-15,20-21,24,28,41H,4-8,16-19H2,1-3H3,(H,38,44)(H2,36,37,43)/t20-,21+,28+/m1/s1. The van der Waals surface area contributed by atoms with Gasteiger partial charge in [-0.3, -0.25) is 4.79 Å². The Bertz CT molecular complexity index is 1330. The van der Waals surface area contributed by atoms with E-state index in [2.05, 4.69) is 16.0 Å². The van der Waals surface area contributed by atoms with Crippen molar-refractivity contribution in [1.82, 2.24) is 15.1 Å². The molecule has 0 saturated heterocycles. The van der Waals surface area contributed by atoms with Crippen LogP contribution in [0.4, 0.5) is 34.1 Å². The first-order valence-electron chi connectivity index (χ1n) is 15.3. The smallest absolute Gasteiger partial charge is 0.416 e. The van der Waals surface area contributed by atoms with Crippen molar-refractivity contribution >= 4 is 29.3 Å². The molecule has 1 saturated carbocycles. The summed E-state index contributed by atoms with van der Waals surface area (Å²) in [7, 11) is 1.54. The zero-order valence-corrected chi connectivity index (χ0v) is 25.8. The van der Waals surface area contributed by atoms with E-state index in [9.17, 15) is 32.7 Å². The van der Waals surface area contributed by atoms with E-state index < -0.39 is 29.9 Å². The summed E-state index contributed by atoms with van der Waals surface area (Å²) in [5.74, 6) is -0.0751. The van der Waals surface area contributed by atoms with Crippen molar-refractivity contribution in [2.75, 3.05) is 37.4 Å². The quantitative estimate of drug-likeness (QED) is 0.322. The number of ether oxygens (including phenoxy) is 1. The minimum absolute atomic E-state index is 0.0247. The van der Waals surface area contributed by atoms with Crippen molar-refractivity contribution in [3.8, 4) is 5.75 Å². The molecule has 2 aliphatic rings. The first-order chi connectivity index (χ1) is 21.3. The number of nitrogens with zero attached hydrogens (tertiary/aromatic N) is 2. The summed E-state index contributed by atoms with van der Waals surface area (Å²) >= 11 is 0. The van der Waals surface area contributed by atoms with Crippen molar-refractivity contribution in [3.05, 3.63) is 53.6 Å². The maximum atomic E-state index is 13.5. The second-order valence-corrected chi connectivity index (χ2v) is 12.0. The van der Waals surface area contributed by atoms with E-state index in [-0.39, 0.29) is 55.7 Å². The van der Waals surface area contributed by atoms with Gasteiger partial charge < -0.3 is 35.6 Å². The fourth-order valence-corrected chi connectivity index (χ4v) is 5.64. The number of hydrogen-bond acceptors (Lipinski definition) is 5. The third-order valence-corrected chi connectivity index (χ3v) is 8.38. The van der Waals surface area contributed by atoms with E-state index >= 15 is 0 Å². The van der Waals surface area contributed by atoms with Gasteiger partial charge in [-0.1, -0.05) is 26.2 Å². The summed E-state index contributed by atoms with van der Waals surface area (Å²) < 4.78 is 45.2. The van der Waals surface area contributed by atoms with Gasteiger partial charge in [0.15, 0.2) is 0 Å². The number of likely N-dealkylation sites (N-methyl/N-ethyl adjacent to an activating group) is 1. The van der Waals surface area contributed by atoms with Gasteiger partial charge in [-0.2, -0.15) is 13.2 Å². The van der Waals surface area contributed by atoms with Crippen LogP contribution in [0.1, 0.15) is 57.1 Å². The third-order valence-electron chi connectivity index (χ3n) is 8.38. The average Bonchev–Trinajstić information content (AvgIpc) is 3.04. The van der Waals surface area contributed by atoms with Crippen molar-refractivity contribution < 1.29 is 37.4 Å². The minimum atomic E-state index is -4.49. The van der Waals surface area contributed by atoms with Gasteiger partial charge in [0.25, 0.3) is 0 Å². The predicted octanol–water partition coefficient (Wildman–Crippen LogP) is 5.47. The number of alkyl halides is 3. The summed E-state index contributed by atoms with van der Waals surface area (Å²) in [6.07, 6.45) is 0.104. The van der Waals surface area contributed by atoms with Crippen LogP contribution in [0.5, 0.6) is 5.75 Å². The highest BCUT2D eigenvalue weighted by Gasteiger charge is 2.33. The molecule has 0 radical (unpaired) electrons. The number of aliphatic hydroxyl groups is 1. The molecular formula is C32H42F3N5O5. The van der Waals surface area contributed by atoms with E-state index in [4.69, 9.17) is 4.74 Å². The summed E-state index contributed by atoms with van der Waals surface area (Å²) in [4.78, 5) is 42.1. The Hall–Kier alpha value is -4.00. The van der Waals surface area contributed by atoms with Gasteiger partial charge in [-0.05, 0) is 62.2 Å². The number of carbonyl (C=O) groups is 3. The molecule has 5 amide bonds. The first kappa shape index (κ1) is 33.9. The first-order valence-corrected chi connectivity index (χ1v) is 15.3. The molecule has 1 aliphatic carbocycles. The number of aliphatic hydroxyl groups excluding tert-OH is 1. The number of urea groups is 2. The van der Waals surface area contributed by atoms with Gasteiger partial charge in [0.2, 0.25) is 5.91 Å². The Labute approximate surface area is 261 Å². The van der Waals surface area contributed by atoms with Gasteiger partial charge in [0, 0.05) is 42.5 Å². The summed E-state index contributed by atoms with van der Waals surface area (Å²) in [5, 5.41) is 18.4. The molecule has 13 heteroatoms. The largest absolute Gasteiger partial charge is 0.488 e. The summed E-state index contributed by atoms with van der Waals surface area (Å²) in [6, 6.07) is 8.03.